The van der Waals surface area contributed by atoms with Crippen LogP contribution in [0.2, 0.25) is 5.02 Å². The van der Waals surface area contributed by atoms with Gasteiger partial charge in [-0.3, -0.25) is 9.59 Å². The van der Waals surface area contributed by atoms with Gasteiger partial charge in [-0.2, -0.15) is 0 Å². The summed E-state index contributed by atoms with van der Waals surface area (Å²) in [5.74, 6) is 1.05. The second-order valence-corrected chi connectivity index (χ2v) is 8.28. The molecule has 0 saturated carbocycles. The van der Waals surface area contributed by atoms with E-state index in [2.05, 4.69) is 0 Å². The number of nitrogens with zero attached hydrogens (tertiary/aromatic N) is 1. The zero-order valence-corrected chi connectivity index (χ0v) is 16.0. The van der Waals surface area contributed by atoms with Gasteiger partial charge in [0, 0.05) is 18.5 Å². The van der Waals surface area contributed by atoms with Crippen molar-refractivity contribution in [2.24, 2.45) is 12.5 Å². The predicted molar refractivity (Wildman–Crippen MR) is 98.9 cm³/mol. The van der Waals surface area contributed by atoms with Gasteiger partial charge in [-0.15, -0.1) is 11.3 Å². The van der Waals surface area contributed by atoms with Crippen molar-refractivity contribution in [2.75, 3.05) is 6.79 Å². The van der Waals surface area contributed by atoms with Gasteiger partial charge in [0.05, 0.1) is 9.55 Å². The number of aromatic nitrogens is 1. The van der Waals surface area contributed by atoms with Gasteiger partial charge in [0.15, 0.2) is 17.3 Å². The average Bonchev–Trinajstić information content (AvgIpc) is 3.08. The summed E-state index contributed by atoms with van der Waals surface area (Å²) in [7, 11) is 1.66. The van der Waals surface area contributed by atoms with E-state index in [4.69, 9.17) is 21.1 Å². The van der Waals surface area contributed by atoms with Crippen molar-refractivity contribution in [3.63, 3.8) is 0 Å². The maximum atomic E-state index is 12.5. The van der Waals surface area contributed by atoms with E-state index in [0.717, 1.165) is 5.56 Å². The van der Waals surface area contributed by atoms with Crippen LogP contribution in [0.3, 0.4) is 0 Å². The quantitative estimate of drug-likeness (QED) is 0.801. The minimum atomic E-state index is -0.491. The third kappa shape index (κ3) is 3.50. The summed E-state index contributed by atoms with van der Waals surface area (Å²) in [6, 6.07) is 3.50. The highest BCUT2D eigenvalue weighted by molar-refractivity contribution is 7.07. The number of Topliss-reactive ketones (excluding diaryl/α,β-unsaturated/α-hetero) is 1. The second kappa shape index (κ2) is 6.35. The molecule has 1 aliphatic rings. The highest BCUT2D eigenvalue weighted by Crippen LogP contribution is 2.39. The molecule has 0 bridgehead atoms. The number of carbonyl (C=O) groups is 1. The molecular weight excluding hydrogens is 362 g/mol. The fraction of sp³-hybridized carbons (Fsp3) is 0.333. The minimum absolute atomic E-state index is 0.0259. The van der Waals surface area contributed by atoms with Crippen LogP contribution in [-0.4, -0.2) is 17.1 Å². The predicted octanol–water partition coefficient (Wildman–Crippen LogP) is 2.05. The average molecular weight is 380 g/mol. The molecule has 0 aliphatic carbocycles. The highest BCUT2D eigenvalue weighted by atomic mass is 35.5. The van der Waals surface area contributed by atoms with Crippen molar-refractivity contribution in [2.45, 2.75) is 20.8 Å². The van der Waals surface area contributed by atoms with Gasteiger partial charge in [-0.25, -0.2) is 0 Å². The molecule has 0 amide bonds. The number of hydrogen-bond donors (Lipinski definition) is 0. The van der Waals surface area contributed by atoms with Crippen molar-refractivity contribution in [3.8, 4) is 11.5 Å². The number of benzene rings is 1. The number of carbonyl (C=O) groups excluding carboxylic acids is 1. The van der Waals surface area contributed by atoms with Gasteiger partial charge in [0.2, 0.25) is 6.79 Å². The molecule has 2 aromatic rings. The summed E-state index contributed by atoms with van der Waals surface area (Å²) in [5, 5.41) is 0.435. The van der Waals surface area contributed by atoms with Crippen molar-refractivity contribution in [1.82, 2.24) is 4.57 Å². The summed E-state index contributed by atoms with van der Waals surface area (Å²) in [6.45, 7) is 5.67. The molecule has 0 atom stereocenters. The molecule has 0 spiro atoms. The molecule has 3 rings (SSSR count). The van der Waals surface area contributed by atoms with E-state index in [-0.39, 0.29) is 18.1 Å². The molecule has 0 N–H and O–H groups in total. The lowest BCUT2D eigenvalue weighted by molar-refractivity contribution is -0.120. The van der Waals surface area contributed by atoms with Crippen LogP contribution in [0, 0.1) is 5.41 Å². The molecule has 0 fully saturated rings. The molecule has 1 aromatic heterocycles. The van der Waals surface area contributed by atoms with E-state index < -0.39 is 5.41 Å². The molecule has 5 nitrogen and oxygen atoms in total. The Balaban J connectivity index is 2.11. The smallest absolute Gasteiger partial charge is 0.268 e. The van der Waals surface area contributed by atoms with Crippen molar-refractivity contribution >= 4 is 40.9 Å². The van der Waals surface area contributed by atoms with Gasteiger partial charge in [-0.1, -0.05) is 32.4 Å². The van der Waals surface area contributed by atoms with Crippen molar-refractivity contribution < 1.29 is 14.3 Å². The Morgan fingerprint density at radius 1 is 1.32 bits per heavy atom. The van der Waals surface area contributed by atoms with E-state index >= 15 is 0 Å². The summed E-state index contributed by atoms with van der Waals surface area (Å²) < 4.78 is 13.2. The van der Waals surface area contributed by atoms with Crippen molar-refractivity contribution in [3.05, 3.63) is 42.3 Å². The van der Waals surface area contributed by atoms with Crippen LogP contribution < -0.4 is 24.2 Å². The van der Waals surface area contributed by atoms with E-state index in [9.17, 15) is 9.59 Å². The molecule has 2 heterocycles. The molecule has 132 valence electrons. The Bertz CT molecular complexity index is 1030. The van der Waals surface area contributed by atoms with Crippen LogP contribution in [0.5, 0.6) is 11.5 Å². The van der Waals surface area contributed by atoms with Gasteiger partial charge in [-0.05, 0) is 23.8 Å². The molecule has 1 aliphatic heterocycles. The number of thiazole rings is 1. The standard InChI is InChI=1S/C18H18ClNO4S/c1-18(2,3)14(21)8-15-20(4)17(22)13(25-15)7-10-5-11(19)16-12(6-10)23-9-24-16/h5-8H,9H2,1-4H3. The maximum Gasteiger partial charge on any atom is 0.268 e. The third-order valence-electron chi connectivity index (χ3n) is 3.80. The Morgan fingerprint density at radius 3 is 2.72 bits per heavy atom. The Labute approximate surface area is 153 Å². The summed E-state index contributed by atoms with van der Waals surface area (Å²) in [4.78, 5) is 24.7. The number of hydrogen-bond acceptors (Lipinski definition) is 5. The van der Waals surface area contributed by atoms with Crippen LogP contribution in [0.4, 0.5) is 0 Å². The summed E-state index contributed by atoms with van der Waals surface area (Å²) in [6.07, 6.45) is 3.26. The molecule has 0 saturated heterocycles. The van der Waals surface area contributed by atoms with Gasteiger partial charge >= 0.3 is 0 Å². The number of fused-ring (bicyclic) bond motifs is 1. The maximum absolute atomic E-state index is 12.5. The first-order valence-corrected chi connectivity index (χ1v) is 8.89. The monoisotopic (exact) mass is 379 g/mol. The normalized spacial score (nSPS) is 15.1. The first-order chi connectivity index (χ1) is 11.7. The molecule has 0 radical (unpaired) electrons. The van der Waals surface area contributed by atoms with Gasteiger partial charge < -0.3 is 14.0 Å². The third-order valence-corrected chi connectivity index (χ3v) is 5.20. The zero-order chi connectivity index (χ0) is 18.4. The molecule has 0 unspecified atom stereocenters. The zero-order valence-electron chi connectivity index (χ0n) is 14.4. The fourth-order valence-corrected chi connectivity index (χ4v) is 3.56. The first kappa shape index (κ1) is 17.8. The second-order valence-electron chi connectivity index (χ2n) is 6.81. The Morgan fingerprint density at radius 2 is 2.04 bits per heavy atom. The molecular formula is C18H18ClNO4S. The number of ketones is 1. The minimum Gasteiger partial charge on any atom is -0.454 e. The molecule has 25 heavy (non-hydrogen) atoms. The lowest BCUT2D eigenvalue weighted by Crippen LogP contribution is -2.30. The summed E-state index contributed by atoms with van der Waals surface area (Å²) >= 11 is 7.45. The van der Waals surface area contributed by atoms with E-state index in [0.29, 0.717) is 25.7 Å². The van der Waals surface area contributed by atoms with Crippen molar-refractivity contribution in [1.29, 1.82) is 0 Å². The fourth-order valence-electron chi connectivity index (χ4n) is 2.26. The lowest BCUT2D eigenvalue weighted by atomic mass is 9.91. The summed E-state index contributed by atoms with van der Waals surface area (Å²) in [5.41, 5.74) is 0.0861. The first-order valence-electron chi connectivity index (χ1n) is 7.69. The topological polar surface area (TPSA) is 57.5 Å². The number of rotatable bonds is 2. The lowest BCUT2D eigenvalue weighted by Gasteiger charge is -2.12. The van der Waals surface area contributed by atoms with Crippen LogP contribution in [0.1, 0.15) is 26.3 Å². The Hall–Kier alpha value is -2.05. The van der Waals surface area contributed by atoms with Crippen LogP contribution in [-0.2, 0) is 11.8 Å². The molecule has 7 heteroatoms. The van der Waals surface area contributed by atoms with Gasteiger partial charge in [0.25, 0.3) is 5.56 Å². The van der Waals surface area contributed by atoms with Crippen LogP contribution >= 0.6 is 22.9 Å². The van der Waals surface area contributed by atoms with E-state index in [1.54, 1.807) is 25.3 Å². The van der Waals surface area contributed by atoms with Crippen LogP contribution in [0.25, 0.3) is 12.2 Å². The van der Waals surface area contributed by atoms with E-state index in [1.165, 1.54) is 22.0 Å². The SMILES string of the molecule is Cn1c(=CC(=O)C(C)(C)C)sc(=Cc2cc(Cl)c3c(c2)OCO3)c1=O. The number of halogens is 1. The van der Waals surface area contributed by atoms with E-state index in [1.807, 2.05) is 20.8 Å². The largest absolute Gasteiger partial charge is 0.454 e. The Kier molecular flexibility index (Phi) is 4.51. The van der Waals surface area contributed by atoms with Gasteiger partial charge in [0.1, 0.15) is 4.66 Å². The number of ether oxygens (including phenoxy) is 2. The highest BCUT2D eigenvalue weighted by Gasteiger charge is 2.20. The molecule has 1 aromatic carbocycles. The van der Waals surface area contributed by atoms with Crippen LogP contribution in [0.15, 0.2) is 16.9 Å².